The highest BCUT2D eigenvalue weighted by Crippen LogP contribution is 2.14. The van der Waals surface area contributed by atoms with Gasteiger partial charge in [0, 0.05) is 18.4 Å². The van der Waals surface area contributed by atoms with Gasteiger partial charge in [0.25, 0.3) is 0 Å². The number of rotatable bonds is 3. The minimum absolute atomic E-state index is 0.0547. The second-order valence-electron chi connectivity index (χ2n) is 3.49. The van der Waals surface area contributed by atoms with Crippen molar-refractivity contribution in [3.05, 3.63) is 47.5 Å². The number of Topliss-reactive ketones (excluding diaryl/α,β-unsaturated/α-hetero) is 1. The number of carbonyl (C=O) groups is 1. The molecule has 0 amide bonds. The van der Waals surface area contributed by atoms with Gasteiger partial charge in [0.1, 0.15) is 5.82 Å². The molecule has 15 heavy (non-hydrogen) atoms. The Balaban J connectivity index is 2.02. The topological polar surface area (TPSA) is 26.3 Å². The van der Waals surface area contributed by atoms with Crippen LogP contribution in [0, 0.1) is 5.82 Å². The fourth-order valence-electron chi connectivity index (χ4n) is 1.49. The maximum Gasteiger partial charge on any atom is 0.166 e. The number of benzene rings is 1. The van der Waals surface area contributed by atoms with Crippen LogP contribution in [0.2, 0.25) is 0 Å². The molecule has 0 spiro atoms. The number of hydrogen-bond donors (Lipinski definition) is 0. The molecule has 1 heterocycles. The van der Waals surface area contributed by atoms with Crippen LogP contribution in [-0.2, 0) is 16.0 Å². The molecule has 0 saturated heterocycles. The average Bonchev–Trinajstić information content (AvgIpc) is 2.74. The zero-order valence-corrected chi connectivity index (χ0v) is 8.20. The molecule has 1 aromatic rings. The zero-order chi connectivity index (χ0) is 10.7. The van der Waals surface area contributed by atoms with Crippen molar-refractivity contribution >= 4 is 5.78 Å². The molecule has 2 nitrogen and oxygen atoms in total. The van der Waals surface area contributed by atoms with Crippen LogP contribution in [-0.4, -0.2) is 12.4 Å². The molecule has 78 valence electrons. The van der Waals surface area contributed by atoms with Crippen molar-refractivity contribution in [2.24, 2.45) is 0 Å². The van der Waals surface area contributed by atoms with Gasteiger partial charge in [-0.2, -0.15) is 0 Å². The Bertz CT molecular complexity index is 393. The van der Waals surface area contributed by atoms with Crippen molar-refractivity contribution in [3.63, 3.8) is 0 Å². The second-order valence-corrected chi connectivity index (χ2v) is 3.49. The van der Waals surface area contributed by atoms with Crippen LogP contribution >= 0.6 is 0 Å². The third kappa shape index (κ3) is 2.43. The van der Waals surface area contributed by atoms with Gasteiger partial charge < -0.3 is 4.74 Å². The fourth-order valence-corrected chi connectivity index (χ4v) is 1.49. The van der Waals surface area contributed by atoms with Crippen molar-refractivity contribution in [3.8, 4) is 0 Å². The molecule has 0 radical (unpaired) electrons. The Morgan fingerprint density at radius 2 is 2.07 bits per heavy atom. The SMILES string of the molecule is O=C(Cc1ccc(F)cc1)C1=COCC1. The van der Waals surface area contributed by atoms with E-state index >= 15 is 0 Å². The fraction of sp³-hybridized carbons (Fsp3) is 0.250. The van der Waals surface area contributed by atoms with Crippen molar-refractivity contribution in [2.45, 2.75) is 12.8 Å². The molecule has 0 bridgehead atoms. The lowest BCUT2D eigenvalue weighted by molar-refractivity contribution is -0.115. The summed E-state index contributed by atoms with van der Waals surface area (Å²) >= 11 is 0. The Morgan fingerprint density at radius 3 is 2.67 bits per heavy atom. The van der Waals surface area contributed by atoms with Crippen LogP contribution in [0.4, 0.5) is 4.39 Å². The summed E-state index contributed by atoms with van der Waals surface area (Å²) in [6.07, 6.45) is 2.52. The van der Waals surface area contributed by atoms with E-state index in [0.29, 0.717) is 19.4 Å². The molecule has 0 unspecified atom stereocenters. The minimum Gasteiger partial charge on any atom is -0.500 e. The Hall–Kier alpha value is -1.64. The summed E-state index contributed by atoms with van der Waals surface area (Å²) in [6, 6.07) is 5.98. The van der Waals surface area contributed by atoms with Gasteiger partial charge in [-0.3, -0.25) is 4.79 Å². The van der Waals surface area contributed by atoms with E-state index in [0.717, 1.165) is 11.1 Å². The molecule has 0 N–H and O–H groups in total. The van der Waals surface area contributed by atoms with Gasteiger partial charge in [-0.15, -0.1) is 0 Å². The van der Waals surface area contributed by atoms with E-state index in [2.05, 4.69) is 0 Å². The van der Waals surface area contributed by atoms with Crippen LogP contribution in [0.15, 0.2) is 36.1 Å². The lowest BCUT2D eigenvalue weighted by atomic mass is 10.0. The molecule has 0 saturated carbocycles. The Morgan fingerprint density at radius 1 is 1.33 bits per heavy atom. The van der Waals surface area contributed by atoms with Gasteiger partial charge in [0.2, 0.25) is 0 Å². The second kappa shape index (κ2) is 4.26. The summed E-state index contributed by atoms with van der Waals surface area (Å²) in [5.41, 5.74) is 1.55. The van der Waals surface area contributed by atoms with E-state index in [9.17, 15) is 9.18 Å². The van der Waals surface area contributed by atoms with E-state index in [4.69, 9.17) is 4.74 Å². The molecule has 0 atom stereocenters. The first-order chi connectivity index (χ1) is 7.25. The minimum atomic E-state index is -0.283. The van der Waals surface area contributed by atoms with E-state index in [1.165, 1.54) is 18.4 Å². The smallest absolute Gasteiger partial charge is 0.166 e. The molecule has 2 rings (SSSR count). The maximum absolute atomic E-state index is 12.6. The summed E-state index contributed by atoms with van der Waals surface area (Å²) < 4.78 is 17.6. The highest BCUT2D eigenvalue weighted by molar-refractivity contribution is 5.96. The molecule has 3 heteroatoms. The van der Waals surface area contributed by atoms with E-state index in [1.54, 1.807) is 12.1 Å². The monoisotopic (exact) mass is 206 g/mol. The van der Waals surface area contributed by atoms with Crippen molar-refractivity contribution < 1.29 is 13.9 Å². The van der Waals surface area contributed by atoms with Crippen LogP contribution in [0.25, 0.3) is 0 Å². The van der Waals surface area contributed by atoms with Crippen molar-refractivity contribution in [2.75, 3.05) is 6.61 Å². The van der Waals surface area contributed by atoms with Gasteiger partial charge in [0.15, 0.2) is 5.78 Å². The predicted octanol–water partition coefficient (Wildman–Crippen LogP) is 2.24. The molecule has 1 aromatic carbocycles. The first-order valence-corrected chi connectivity index (χ1v) is 4.84. The largest absolute Gasteiger partial charge is 0.500 e. The zero-order valence-electron chi connectivity index (χ0n) is 8.20. The van der Waals surface area contributed by atoms with Crippen molar-refractivity contribution in [1.82, 2.24) is 0 Å². The molecular formula is C12H11FO2. The van der Waals surface area contributed by atoms with E-state index < -0.39 is 0 Å². The number of ether oxygens (including phenoxy) is 1. The maximum atomic E-state index is 12.6. The summed E-state index contributed by atoms with van der Waals surface area (Å²) in [5.74, 6) is -0.228. The molecular weight excluding hydrogens is 195 g/mol. The van der Waals surface area contributed by atoms with Gasteiger partial charge in [-0.25, -0.2) is 4.39 Å². The third-order valence-corrected chi connectivity index (χ3v) is 2.35. The number of hydrogen-bond acceptors (Lipinski definition) is 2. The summed E-state index contributed by atoms with van der Waals surface area (Å²) in [4.78, 5) is 11.7. The normalized spacial score (nSPS) is 14.6. The third-order valence-electron chi connectivity index (χ3n) is 2.35. The molecule has 0 aromatic heterocycles. The quantitative estimate of drug-likeness (QED) is 0.758. The molecule has 1 aliphatic heterocycles. The Kier molecular flexibility index (Phi) is 2.81. The summed E-state index contributed by atoms with van der Waals surface area (Å²) in [5, 5.41) is 0. The lowest BCUT2D eigenvalue weighted by Crippen LogP contribution is -2.05. The first kappa shape index (κ1) is 9.90. The van der Waals surface area contributed by atoms with Gasteiger partial charge in [-0.05, 0) is 17.7 Å². The average molecular weight is 206 g/mol. The Labute approximate surface area is 87.4 Å². The van der Waals surface area contributed by atoms with E-state index in [-0.39, 0.29) is 11.6 Å². The molecule has 1 aliphatic rings. The van der Waals surface area contributed by atoms with Gasteiger partial charge in [-0.1, -0.05) is 12.1 Å². The van der Waals surface area contributed by atoms with Gasteiger partial charge >= 0.3 is 0 Å². The predicted molar refractivity (Wildman–Crippen MR) is 53.8 cm³/mol. The summed E-state index contributed by atoms with van der Waals surface area (Å²) in [6.45, 7) is 0.588. The standard InChI is InChI=1S/C12H11FO2/c13-11-3-1-9(2-4-11)7-12(14)10-5-6-15-8-10/h1-4,8H,5-7H2. The van der Waals surface area contributed by atoms with Gasteiger partial charge in [0.05, 0.1) is 12.9 Å². The number of carbonyl (C=O) groups excluding carboxylic acids is 1. The van der Waals surface area contributed by atoms with Crippen molar-refractivity contribution in [1.29, 1.82) is 0 Å². The highest BCUT2D eigenvalue weighted by atomic mass is 19.1. The number of halogens is 1. The summed E-state index contributed by atoms with van der Waals surface area (Å²) in [7, 11) is 0. The molecule has 0 aliphatic carbocycles. The molecule has 0 fully saturated rings. The van der Waals surface area contributed by atoms with Crippen LogP contribution in [0.5, 0.6) is 0 Å². The van der Waals surface area contributed by atoms with E-state index in [1.807, 2.05) is 0 Å². The number of ketones is 1. The lowest BCUT2D eigenvalue weighted by Gasteiger charge is -2.00. The first-order valence-electron chi connectivity index (χ1n) is 4.84. The van der Waals surface area contributed by atoms with Crippen LogP contribution in [0.1, 0.15) is 12.0 Å². The van der Waals surface area contributed by atoms with Crippen LogP contribution in [0.3, 0.4) is 0 Å². The highest BCUT2D eigenvalue weighted by Gasteiger charge is 2.14. The van der Waals surface area contributed by atoms with Crippen LogP contribution < -0.4 is 0 Å².